The molecule has 1 aromatic rings. The van der Waals surface area contributed by atoms with E-state index in [0.717, 1.165) is 18.7 Å². The number of rotatable bonds is 7. The molecule has 1 atom stereocenters. The van der Waals surface area contributed by atoms with Crippen LogP contribution in [0.2, 0.25) is 0 Å². The predicted octanol–water partition coefficient (Wildman–Crippen LogP) is -0.143. The van der Waals surface area contributed by atoms with Gasteiger partial charge in [-0.05, 0) is 25.1 Å². The second-order valence-corrected chi connectivity index (χ2v) is 5.63. The van der Waals surface area contributed by atoms with Crippen molar-refractivity contribution in [1.82, 2.24) is 9.80 Å². The van der Waals surface area contributed by atoms with Gasteiger partial charge in [0.2, 0.25) is 11.8 Å². The zero-order valence-corrected chi connectivity index (χ0v) is 12.9. The molecule has 1 aliphatic heterocycles. The minimum absolute atomic E-state index is 0.0756. The zero-order chi connectivity index (χ0) is 15.9. The van der Waals surface area contributed by atoms with Crippen molar-refractivity contribution >= 4 is 11.8 Å². The van der Waals surface area contributed by atoms with E-state index in [0.29, 0.717) is 26.0 Å². The zero-order valence-electron chi connectivity index (χ0n) is 12.9. The standard InChI is InChI=1S/C15H23N3O4/c1-17-5-7-22-13(8-17)9-18(10-14(16)19)15(20)3-2-12-4-6-21-11-12/h4,6,11,13H,2-3,5,7-10H2,1H3,(H2,16,19). The molecule has 0 radical (unpaired) electrons. The first kappa shape index (κ1) is 16.5. The van der Waals surface area contributed by atoms with Crippen LogP contribution in [0.3, 0.4) is 0 Å². The fraction of sp³-hybridized carbons (Fsp3) is 0.600. The Bertz CT molecular complexity index is 489. The summed E-state index contributed by atoms with van der Waals surface area (Å²) in [7, 11) is 2.01. The maximum absolute atomic E-state index is 12.3. The molecule has 2 rings (SSSR count). The van der Waals surface area contributed by atoms with Gasteiger partial charge in [0, 0.05) is 26.1 Å². The molecule has 2 amide bonds. The SMILES string of the molecule is CN1CCOC(CN(CC(N)=O)C(=O)CCc2ccoc2)C1. The first-order chi connectivity index (χ1) is 10.5. The quantitative estimate of drug-likeness (QED) is 0.757. The van der Waals surface area contributed by atoms with Crippen LogP contribution in [0.15, 0.2) is 23.0 Å². The van der Waals surface area contributed by atoms with Crippen molar-refractivity contribution in [3.05, 3.63) is 24.2 Å². The fourth-order valence-corrected chi connectivity index (χ4v) is 2.51. The molecule has 7 heteroatoms. The smallest absolute Gasteiger partial charge is 0.237 e. The van der Waals surface area contributed by atoms with Gasteiger partial charge in [0.05, 0.1) is 31.8 Å². The van der Waals surface area contributed by atoms with Crippen LogP contribution in [0, 0.1) is 0 Å². The van der Waals surface area contributed by atoms with Crippen molar-refractivity contribution < 1.29 is 18.7 Å². The van der Waals surface area contributed by atoms with Crippen molar-refractivity contribution in [2.45, 2.75) is 18.9 Å². The molecule has 0 aromatic carbocycles. The minimum Gasteiger partial charge on any atom is -0.472 e. The molecule has 0 spiro atoms. The molecule has 1 aromatic heterocycles. The number of nitrogens with two attached hydrogens (primary N) is 1. The van der Waals surface area contributed by atoms with Crippen molar-refractivity contribution in [1.29, 1.82) is 0 Å². The summed E-state index contributed by atoms with van der Waals surface area (Å²) in [5.41, 5.74) is 6.21. The third-order valence-electron chi connectivity index (χ3n) is 3.67. The molecule has 0 saturated carbocycles. The van der Waals surface area contributed by atoms with Crippen LogP contribution in [-0.2, 0) is 20.7 Å². The summed E-state index contributed by atoms with van der Waals surface area (Å²) in [6.07, 6.45) is 4.00. The van der Waals surface area contributed by atoms with Gasteiger partial charge in [-0.3, -0.25) is 9.59 Å². The molecule has 122 valence electrons. The van der Waals surface area contributed by atoms with Crippen LogP contribution >= 0.6 is 0 Å². The number of carbonyl (C=O) groups is 2. The number of nitrogens with zero attached hydrogens (tertiary/aromatic N) is 2. The Morgan fingerprint density at radius 2 is 2.32 bits per heavy atom. The number of morpholine rings is 1. The van der Waals surface area contributed by atoms with Crippen LogP contribution in [-0.4, -0.2) is 67.6 Å². The minimum atomic E-state index is -0.513. The monoisotopic (exact) mass is 309 g/mol. The lowest BCUT2D eigenvalue weighted by molar-refractivity contribution is -0.138. The van der Waals surface area contributed by atoms with Crippen molar-refractivity contribution in [3.63, 3.8) is 0 Å². The van der Waals surface area contributed by atoms with Gasteiger partial charge >= 0.3 is 0 Å². The van der Waals surface area contributed by atoms with Gasteiger partial charge in [-0.2, -0.15) is 0 Å². The number of hydrogen-bond donors (Lipinski definition) is 1. The van der Waals surface area contributed by atoms with Crippen LogP contribution < -0.4 is 5.73 Å². The van der Waals surface area contributed by atoms with Crippen molar-refractivity contribution in [2.24, 2.45) is 5.73 Å². The maximum atomic E-state index is 12.3. The molecule has 1 unspecified atom stereocenters. The molecule has 7 nitrogen and oxygen atoms in total. The Hall–Kier alpha value is -1.86. The average molecular weight is 309 g/mol. The number of furan rings is 1. The highest BCUT2D eigenvalue weighted by molar-refractivity contribution is 5.83. The van der Waals surface area contributed by atoms with Crippen LogP contribution in [0.4, 0.5) is 0 Å². The number of primary amides is 1. The number of likely N-dealkylation sites (N-methyl/N-ethyl adjacent to an activating group) is 1. The molecule has 1 aliphatic rings. The Morgan fingerprint density at radius 1 is 1.50 bits per heavy atom. The Kier molecular flexibility index (Phi) is 5.97. The van der Waals surface area contributed by atoms with Gasteiger partial charge in [0.1, 0.15) is 0 Å². The summed E-state index contributed by atoms with van der Waals surface area (Å²) < 4.78 is 10.6. The van der Waals surface area contributed by atoms with E-state index in [4.69, 9.17) is 14.9 Å². The lowest BCUT2D eigenvalue weighted by Crippen LogP contribution is -2.49. The second-order valence-electron chi connectivity index (χ2n) is 5.63. The summed E-state index contributed by atoms with van der Waals surface area (Å²) in [6, 6.07) is 1.82. The molecule has 1 saturated heterocycles. The Balaban J connectivity index is 1.89. The molecule has 2 heterocycles. The second kappa shape index (κ2) is 7.95. The Labute approximate surface area is 130 Å². The molecule has 0 bridgehead atoms. The van der Waals surface area contributed by atoms with Crippen LogP contribution in [0.25, 0.3) is 0 Å². The first-order valence-corrected chi connectivity index (χ1v) is 7.42. The van der Waals surface area contributed by atoms with E-state index in [1.807, 2.05) is 13.1 Å². The van der Waals surface area contributed by atoms with Crippen molar-refractivity contribution in [2.75, 3.05) is 39.8 Å². The number of amides is 2. The van der Waals surface area contributed by atoms with Crippen molar-refractivity contribution in [3.8, 4) is 0 Å². The van der Waals surface area contributed by atoms with E-state index in [1.165, 1.54) is 4.90 Å². The van der Waals surface area contributed by atoms with E-state index in [9.17, 15) is 9.59 Å². The molecule has 1 fully saturated rings. The summed E-state index contributed by atoms with van der Waals surface area (Å²) in [5.74, 6) is -0.613. The number of ether oxygens (including phenoxy) is 1. The summed E-state index contributed by atoms with van der Waals surface area (Å²) in [5, 5.41) is 0. The van der Waals surface area contributed by atoms with E-state index < -0.39 is 5.91 Å². The highest BCUT2D eigenvalue weighted by Crippen LogP contribution is 2.09. The van der Waals surface area contributed by atoms with E-state index in [2.05, 4.69) is 4.90 Å². The number of hydrogen-bond acceptors (Lipinski definition) is 5. The van der Waals surface area contributed by atoms with Crippen LogP contribution in [0.5, 0.6) is 0 Å². The van der Waals surface area contributed by atoms with E-state index >= 15 is 0 Å². The molecule has 22 heavy (non-hydrogen) atoms. The molecular formula is C15H23N3O4. The lowest BCUT2D eigenvalue weighted by atomic mass is 10.1. The largest absolute Gasteiger partial charge is 0.472 e. The average Bonchev–Trinajstić information content (AvgIpc) is 2.97. The number of aryl methyl sites for hydroxylation is 1. The third kappa shape index (κ3) is 5.16. The first-order valence-electron chi connectivity index (χ1n) is 7.42. The third-order valence-corrected chi connectivity index (χ3v) is 3.67. The van der Waals surface area contributed by atoms with Gasteiger partial charge in [0.15, 0.2) is 0 Å². The highest BCUT2D eigenvalue weighted by Gasteiger charge is 2.24. The predicted molar refractivity (Wildman–Crippen MR) is 80.0 cm³/mol. The van der Waals surface area contributed by atoms with Gasteiger partial charge in [-0.15, -0.1) is 0 Å². The van der Waals surface area contributed by atoms with Gasteiger partial charge in [-0.25, -0.2) is 0 Å². The number of carbonyl (C=O) groups excluding carboxylic acids is 2. The topological polar surface area (TPSA) is 89.0 Å². The maximum Gasteiger partial charge on any atom is 0.237 e. The normalized spacial score (nSPS) is 19.0. The summed E-state index contributed by atoms with van der Waals surface area (Å²) >= 11 is 0. The van der Waals surface area contributed by atoms with E-state index in [-0.39, 0.29) is 18.6 Å². The van der Waals surface area contributed by atoms with Gasteiger partial charge in [0.25, 0.3) is 0 Å². The lowest BCUT2D eigenvalue weighted by Gasteiger charge is -2.33. The summed E-state index contributed by atoms with van der Waals surface area (Å²) in [6.45, 7) is 2.56. The van der Waals surface area contributed by atoms with Gasteiger partial charge < -0.3 is 24.7 Å². The van der Waals surface area contributed by atoms with Crippen LogP contribution in [0.1, 0.15) is 12.0 Å². The molecular weight excluding hydrogens is 286 g/mol. The molecule has 0 aliphatic carbocycles. The van der Waals surface area contributed by atoms with E-state index in [1.54, 1.807) is 12.5 Å². The Morgan fingerprint density at radius 3 is 2.95 bits per heavy atom. The van der Waals surface area contributed by atoms with Gasteiger partial charge in [-0.1, -0.05) is 0 Å². The summed E-state index contributed by atoms with van der Waals surface area (Å²) in [4.78, 5) is 27.2. The fourth-order valence-electron chi connectivity index (χ4n) is 2.51. The molecule has 2 N–H and O–H groups in total. The highest BCUT2D eigenvalue weighted by atomic mass is 16.5.